The number of halogens is 6. The van der Waals surface area contributed by atoms with Crippen molar-refractivity contribution in [3.05, 3.63) is 71.2 Å². The Hall–Kier alpha value is -3.61. The number of nitrogens with zero attached hydrogens (tertiary/aromatic N) is 1. The summed E-state index contributed by atoms with van der Waals surface area (Å²) in [5.74, 6) is -3.26. The average Bonchev–Trinajstić information content (AvgIpc) is 3.15. The minimum atomic E-state index is -5.05. The number of aromatic nitrogens is 1. The minimum absolute atomic E-state index is 0.0820. The average molecular weight is 490 g/mol. The number of carbonyl (C=O) groups is 2. The summed E-state index contributed by atoms with van der Waals surface area (Å²) in [4.78, 5) is 25.2. The predicted molar refractivity (Wildman–Crippen MR) is 110 cm³/mol. The lowest BCUT2D eigenvalue weighted by Gasteiger charge is -2.16. The van der Waals surface area contributed by atoms with Gasteiger partial charge in [0.1, 0.15) is 16.7 Å². The Balaban J connectivity index is 0.000000234. The molecule has 3 rings (SSSR count). The zero-order valence-corrected chi connectivity index (χ0v) is 17.3. The molecule has 0 fully saturated rings. The summed E-state index contributed by atoms with van der Waals surface area (Å²) in [5, 5.41) is 0.703. The van der Waals surface area contributed by atoms with Gasteiger partial charge in [0.25, 0.3) is 0 Å². The number of nitrogen functional groups attached to an aromatic ring is 1. The number of rotatable bonds is 4. The zero-order valence-electron chi connectivity index (χ0n) is 16.4. The molecule has 1 heterocycles. The van der Waals surface area contributed by atoms with E-state index in [0.29, 0.717) is 16.9 Å². The fraction of sp³-hybridized carbons (Fsp3) is 0.150. The third-order valence-electron chi connectivity index (χ3n) is 3.89. The smallest absolute Gasteiger partial charge is 0.389 e. The van der Waals surface area contributed by atoms with Crippen LogP contribution in [0.15, 0.2) is 60.7 Å². The molecule has 6 nitrogen and oxygen atoms in total. The van der Waals surface area contributed by atoms with Gasteiger partial charge in [-0.2, -0.15) is 26.3 Å². The summed E-state index contributed by atoms with van der Waals surface area (Å²) >= 11 is 0.458. The van der Waals surface area contributed by atoms with Crippen LogP contribution < -0.4 is 16.8 Å². The van der Waals surface area contributed by atoms with E-state index in [0.717, 1.165) is 0 Å². The van der Waals surface area contributed by atoms with E-state index in [9.17, 15) is 35.9 Å². The Morgan fingerprint density at radius 2 is 1.42 bits per heavy atom. The molecule has 0 saturated heterocycles. The molecule has 1 unspecified atom stereocenters. The van der Waals surface area contributed by atoms with Crippen LogP contribution in [0, 0.1) is 0 Å². The number of hydrogen-bond acceptors (Lipinski definition) is 5. The lowest BCUT2D eigenvalue weighted by atomic mass is 10.1. The Bertz CT molecular complexity index is 1090. The zero-order chi connectivity index (χ0) is 24.8. The molecule has 0 bridgehead atoms. The molecule has 176 valence electrons. The molecule has 2 amide bonds. The summed E-state index contributed by atoms with van der Waals surface area (Å²) in [6, 6.07) is 14.5. The standard InChI is InChI=1S/C10H9F3N2O2.C10H7F3N2S/c11-10(12,13)9(17)15-7(8(14)16)6-4-2-1-3-5-6;11-10(12,13)9-15-7(8(14)16-9)6-4-2-1-3-5-6/h1-5,7H,(H2,14,16)(H,15,17);1-5H,14H2. The van der Waals surface area contributed by atoms with Crippen LogP contribution in [0.5, 0.6) is 0 Å². The first-order valence-electron chi connectivity index (χ1n) is 8.91. The second-order valence-electron chi connectivity index (χ2n) is 6.31. The Labute approximate surface area is 187 Å². The SMILES string of the molecule is NC(=O)C(NC(=O)C(F)(F)F)c1ccccc1.Nc1sc(C(F)(F)F)nc1-c1ccccc1. The lowest BCUT2D eigenvalue weighted by molar-refractivity contribution is -0.174. The van der Waals surface area contributed by atoms with E-state index in [1.165, 1.54) is 29.6 Å². The molecule has 0 aliphatic carbocycles. The van der Waals surface area contributed by atoms with Crippen molar-refractivity contribution in [1.29, 1.82) is 0 Å². The van der Waals surface area contributed by atoms with Crippen molar-refractivity contribution < 1.29 is 35.9 Å². The fourth-order valence-electron chi connectivity index (χ4n) is 2.43. The van der Waals surface area contributed by atoms with Crippen molar-refractivity contribution in [3.8, 4) is 11.3 Å². The number of primary amides is 1. The van der Waals surface area contributed by atoms with E-state index in [2.05, 4.69) is 4.98 Å². The lowest BCUT2D eigenvalue weighted by Crippen LogP contribution is -2.43. The highest BCUT2D eigenvalue weighted by Crippen LogP contribution is 2.38. The van der Waals surface area contributed by atoms with Crippen molar-refractivity contribution in [2.24, 2.45) is 5.73 Å². The first-order chi connectivity index (χ1) is 15.3. The van der Waals surface area contributed by atoms with Crippen LogP contribution in [0.2, 0.25) is 0 Å². The summed E-state index contributed by atoms with van der Waals surface area (Å²) in [6.45, 7) is 0. The third-order valence-corrected chi connectivity index (χ3v) is 4.82. The number of nitrogens with one attached hydrogen (secondary N) is 1. The van der Waals surface area contributed by atoms with Crippen LogP contribution in [-0.4, -0.2) is 23.0 Å². The highest BCUT2D eigenvalue weighted by atomic mass is 32.1. The van der Waals surface area contributed by atoms with Crippen molar-refractivity contribution >= 4 is 28.2 Å². The molecule has 0 spiro atoms. The quantitative estimate of drug-likeness (QED) is 0.474. The Morgan fingerprint density at radius 3 is 1.85 bits per heavy atom. The number of alkyl halides is 6. The van der Waals surface area contributed by atoms with E-state index in [1.807, 2.05) is 0 Å². The number of carbonyl (C=O) groups excluding carboxylic acids is 2. The Kier molecular flexibility index (Phi) is 8.03. The van der Waals surface area contributed by atoms with Gasteiger partial charge in [-0.05, 0) is 5.56 Å². The molecule has 1 atom stereocenters. The van der Waals surface area contributed by atoms with Gasteiger partial charge in [0.05, 0.1) is 0 Å². The molecule has 1 aromatic heterocycles. The maximum Gasteiger partial charge on any atom is 0.471 e. The van der Waals surface area contributed by atoms with Gasteiger partial charge >= 0.3 is 18.3 Å². The normalized spacial score (nSPS) is 12.3. The molecule has 33 heavy (non-hydrogen) atoms. The van der Waals surface area contributed by atoms with Crippen molar-refractivity contribution in [2.45, 2.75) is 18.4 Å². The van der Waals surface area contributed by atoms with Crippen LogP contribution in [0.25, 0.3) is 11.3 Å². The molecule has 13 heteroatoms. The van der Waals surface area contributed by atoms with Gasteiger partial charge in [-0.25, -0.2) is 4.98 Å². The number of benzene rings is 2. The highest BCUT2D eigenvalue weighted by Gasteiger charge is 2.40. The van der Waals surface area contributed by atoms with E-state index in [4.69, 9.17) is 11.5 Å². The number of nitrogens with two attached hydrogens (primary N) is 2. The monoisotopic (exact) mass is 490 g/mol. The molecule has 0 aliphatic heterocycles. The summed E-state index contributed by atoms with van der Waals surface area (Å²) in [5.41, 5.74) is 11.4. The first kappa shape index (κ1) is 25.6. The van der Waals surface area contributed by atoms with Gasteiger partial charge in [0.15, 0.2) is 0 Å². The molecule has 0 aliphatic rings. The first-order valence-corrected chi connectivity index (χ1v) is 9.73. The molecule has 5 N–H and O–H groups in total. The van der Waals surface area contributed by atoms with Crippen molar-refractivity contribution in [1.82, 2.24) is 10.3 Å². The molecule has 3 aromatic rings. The summed E-state index contributed by atoms with van der Waals surface area (Å²) < 4.78 is 73.2. The Morgan fingerprint density at radius 1 is 0.909 bits per heavy atom. The number of thiazole rings is 1. The van der Waals surface area contributed by atoms with Gasteiger partial charge in [-0.3, -0.25) is 9.59 Å². The molecule has 0 radical (unpaired) electrons. The molecule has 2 aromatic carbocycles. The number of amides is 2. The molecular weight excluding hydrogens is 474 g/mol. The number of hydrogen-bond donors (Lipinski definition) is 3. The van der Waals surface area contributed by atoms with E-state index in [1.54, 1.807) is 36.4 Å². The van der Waals surface area contributed by atoms with Crippen LogP contribution >= 0.6 is 11.3 Å². The van der Waals surface area contributed by atoms with E-state index in [-0.39, 0.29) is 16.3 Å². The third kappa shape index (κ3) is 7.20. The van der Waals surface area contributed by atoms with Gasteiger partial charge in [-0.15, -0.1) is 0 Å². The molecular formula is C20H16F6N4O2S. The van der Waals surface area contributed by atoms with E-state index < -0.39 is 35.2 Å². The van der Waals surface area contributed by atoms with Crippen LogP contribution in [0.4, 0.5) is 31.3 Å². The van der Waals surface area contributed by atoms with Gasteiger partial charge < -0.3 is 16.8 Å². The van der Waals surface area contributed by atoms with E-state index >= 15 is 0 Å². The second-order valence-corrected chi connectivity index (χ2v) is 7.34. The summed E-state index contributed by atoms with van der Waals surface area (Å²) in [7, 11) is 0. The minimum Gasteiger partial charge on any atom is -0.389 e. The summed E-state index contributed by atoms with van der Waals surface area (Å²) in [6.07, 6.45) is -9.49. The van der Waals surface area contributed by atoms with Gasteiger partial charge in [0, 0.05) is 5.56 Å². The van der Waals surface area contributed by atoms with Gasteiger partial charge in [-0.1, -0.05) is 72.0 Å². The largest absolute Gasteiger partial charge is 0.471 e. The van der Waals surface area contributed by atoms with Crippen molar-refractivity contribution in [3.63, 3.8) is 0 Å². The van der Waals surface area contributed by atoms with Crippen molar-refractivity contribution in [2.75, 3.05) is 5.73 Å². The maximum absolute atomic E-state index is 12.4. The molecule has 0 saturated carbocycles. The van der Waals surface area contributed by atoms with Crippen LogP contribution in [0.3, 0.4) is 0 Å². The fourth-order valence-corrected chi connectivity index (χ4v) is 3.15. The highest BCUT2D eigenvalue weighted by molar-refractivity contribution is 7.16. The van der Waals surface area contributed by atoms with Crippen LogP contribution in [0.1, 0.15) is 16.6 Å². The second kappa shape index (κ2) is 10.3. The predicted octanol–water partition coefficient (Wildman–Crippen LogP) is 4.30. The topological polar surface area (TPSA) is 111 Å². The van der Waals surface area contributed by atoms with Crippen LogP contribution in [-0.2, 0) is 15.8 Å². The maximum atomic E-state index is 12.4. The number of anilines is 1. The van der Waals surface area contributed by atoms with Gasteiger partial charge in [0.2, 0.25) is 10.9 Å².